The number of nitrogens with zero attached hydrogens (tertiary/aromatic N) is 2. The fourth-order valence-electron chi connectivity index (χ4n) is 2.99. The number of hydrogen-bond acceptors (Lipinski definition) is 2. The van der Waals surface area contributed by atoms with Crippen LogP contribution in [0.3, 0.4) is 0 Å². The fraction of sp³-hybridized carbons (Fsp3) is 0.261. The first kappa shape index (κ1) is 17.2. The molecule has 0 saturated carbocycles. The molecule has 2 heteroatoms. The first-order valence-corrected chi connectivity index (χ1v) is 8.96. The zero-order chi connectivity index (χ0) is 17.5. The molecule has 0 aliphatic rings. The van der Waals surface area contributed by atoms with Crippen molar-refractivity contribution in [3.8, 4) is 0 Å². The van der Waals surface area contributed by atoms with Gasteiger partial charge in [0, 0.05) is 19.8 Å². The van der Waals surface area contributed by atoms with Crippen LogP contribution in [0.4, 0.5) is 5.82 Å². The Bertz CT molecular complexity index is 718. The van der Waals surface area contributed by atoms with Crippen LogP contribution in [0.25, 0.3) is 0 Å². The van der Waals surface area contributed by atoms with Crippen molar-refractivity contribution < 1.29 is 0 Å². The van der Waals surface area contributed by atoms with Gasteiger partial charge in [-0.3, -0.25) is 0 Å². The third-order valence-electron chi connectivity index (χ3n) is 4.44. The number of hydrogen-bond donors (Lipinski definition) is 0. The second-order valence-electron chi connectivity index (χ2n) is 6.69. The summed E-state index contributed by atoms with van der Waals surface area (Å²) in [6, 6.07) is 25.8. The Morgan fingerprint density at radius 1 is 0.640 bits per heavy atom. The fourth-order valence-corrected chi connectivity index (χ4v) is 2.99. The number of anilines is 1. The van der Waals surface area contributed by atoms with Crippen molar-refractivity contribution in [1.82, 2.24) is 4.98 Å². The van der Waals surface area contributed by atoms with Gasteiger partial charge in [0.25, 0.3) is 0 Å². The number of rotatable bonds is 7. The Balaban J connectivity index is 1.72. The minimum absolute atomic E-state index is 0.976. The lowest BCUT2D eigenvalue weighted by Crippen LogP contribution is -2.12. The molecule has 0 N–H and O–H groups in total. The van der Waals surface area contributed by atoms with Crippen LogP contribution < -0.4 is 4.90 Å². The zero-order valence-corrected chi connectivity index (χ0v) is 15.2. The lowest BCUT2D eigenvalue weighted by Gasteiger charge is -2.15. The highest BCUT2D eigenvalue weighted by molar-refractivity contribution is 5.41. The van der Waals surface area contributed by atoms with E-state index >= 15 is 0 Å². The summed E-state index contributed by atoms with van der Waals surface area (Å²) in [5, 5.41) is 0. The van der Waals surface area contributed by atoms with Crippen molar-refractivity contribution >= 4 is 5.82 Å². The smallest absolute Gasteiger partial charge is 0.128 e. The topological polar surface area (TPSA) is 16.1 Å². The molecule has 0 aliphatic heterocycles. The summed E-state index contributed by atoms with van der Waals surface area (Å²) in [4.78, 5) is 6.92. The van der Waals surface area contributed by atoms with Crippen molar-refractivity contribution in [1.29, 1.82) is 0 Å². The predicted molar refractivity (Wildman–Crippen MR) is 106 cm³/mol. The standard InChI is InChI=1S/C23H26N2/c1-25(2)23-18-21(14-13-19-9-5-3-6-10-19)17-22(24-23)16-15-20-11-7-4-8-12-20/h3-12,17-18H,13-16H2,1-2H3. The molecule has 0 fully saturated rings. The van der Waals surface area contributed by atoms with Crippen molar-refractivity contribution in [3.63, 3.8) is 0 Å². The van der Waals surface area contributed by atoms with E-state index in [1.165, 1.54) is 22.4 Å². The molecule has 0 unspecified atom stereocenters. The van der Waals surface area contributed by atoms with Crippen LogP contribution in [-0.4, -0.2) is 19.1 Å². The second kappa shape index (κ2) is 8.48. The summed E-state index contributed by atoms with van der Waals surface area (Å²) in [5.41, 5.74) is 5.30. The third-order valence-corrected chi connectivity index (χ3v) is 4.44. The highest BCUT2D eigenvalue weighted by Crippen LogP contribution is 2.17. The molecule has 0 atom stereocenters. The first-order chi connectivity index (χ1) is 12.2. The van der Waals surface area contributed by atoms with Gasteiger partial charge in [0.05, 0.1) is 0 Å². The summed E-state index contributed by atoms with van der Waals surface area (Å²) in [7, 11) is 4.12. The van der Waals surface area contributed by atoms with Crippen molar-refractivity contribution in [2.75, 3.05) is 19.0 Å². The predicted octanol–water partition coefficient (Wildman–Crippen LogP) is 4.72. The van der Waals surface area contributed by atoms with Gasteiger partial charge in [-0.05, 0) is 54.5 Å². The average molecular weight is 330 g/mol. The van der Waals surface area contributed by atoms with Crippen LogP contribution in [-0.2, 0) is 25.7 Å². The lowest BCUT2D eigenvalue weighted by atomic mass is 10.0. The van der Waals surface area contributed by atoms with Crippen LogP contribution >= 0.6 is 0 Å². The average Bonchev–Trinajstić information content (AvgIpc) is 2.66. The Kier molecular flexibility index (Phi) is 5.84. The van der Waals surface area contributed by atoms with Crippen LogP contribution in [0.2, 0.25) is 0 Å². The number of aryl methyl sites for hydroxylation is 4. The monoisotopic (exact) mass is 330 g/mol. The summed E-state index contributed by atoms with van der Waals surface area (Å²) in [6.45, 7) is 0. The SMILES string of the molecule is CN(C)c1cc(CCc2ccccc2)cc(CCc2ccccc2)n1. The molecule has 2 nitrogen and oxygen atoms in total. The molecule has 1 aromatic heterocycles. The summed E-state index contributed by atoms with van der Waals surface area (Å²) < 4.78 is 0. The first-order valence-electron chi connectivity index (χ1n) is 8.96. The molecule has 0 saturated heterocycles. The summed E-state index contributed by atoms with van der Waals surface area (Å²) in [6.07, 6.45) is 4.12. The molecule has 0 spiro atoms. The summed E-state index contributed by atoms with van der Waals surface area (Å²) >= 11 is 0. The van der Waals surface area contributed by atoms with E-state index in [1.807, 2.05) is 0 Å². The van der Waals surface area contributed by atoms with E-state index in [-0.39, 0.29) is 0 Å². The Hall–Kier alpha value is -2.61. The van der Waals surface area contributed by atoms with Crippen LogP contribution in [0.1, 0.15) is 22.4 Å². The van der Waals surface area contributed by atoms with Crippen molar-refractivity contribution in [2.45, 2.75) is 25.7 Å². The zero-order valence-electron chi connectivity index (χ0n) is 15.2. The van der Waals surface area contributed by atoms with Crippen molar-refractivity contribution in [3.05, 3.63) is 95.2 Å². The van der Waals surface area contributed by atoms with Gasteiger partial charge in [0.1, 0.15) is 5.82 Å². The maximum atomic E-state index is 4.83. The molecule has 0 radical (unpaired) electrons. The maximum Gasteiger partial charge on any atom is 0.128 e. The minimum Gasteiger partial charge on any atom is -0.363 e. The van der Waals surface area contributed by atoms with E-state index in [0.29, 0.717) is 0 Å². The number of aromatic nitrogens is 1. The van der Waals surface area contributed by atoms with Crippen LogP contribution in [0.15, 0.2) is 72.8 Å². The second-order valence-corrected chi connectivity index (χ2v) is 6.69. The van der Waals surface area contributed by atoms with Gasteiger partial charge < -0.3 is 4.90 Å². The normalized spacial score (nSPS) is 10.6. The van der Waals surface area contributed by atoms with Crippen molar-refractivity contribution in [2.24, 2.45) is 0 Å². The van der Waals surface area contributed by atoms with Gasteiger partial charge in [0.2, 0.25) is 0 Å². The Morgan fingerprint density at radius 2 is 1.16 bits per heavy atom. The maximum absolute atomic E-state index is 4.83. The van der Waals surface area contributed by atoms with E-state index in [1.54, 1.807) is 0 Å². The Labute approximate surface area is 151 Å². The molecule has 2 aromatic carbocycles. The van der Waals surface area contributed by atoms with E-state index < -0.39 is 0 Å². The summed E-state index contributed by atoms with van der Waals surface area (Å²) in [5.74, 6) is 1.05. The quantitative estimate of drug-likeness (QED) is 0.623. The molecule has 3 rings (SSSR count). The van der Waals surface area contributed by atoms with E-state index in [9.17, 15) is 0 Å². The molecular weight excluding hydrogens is 304 g/mol. The van der Waals surface area contributed by atoms with Gasteiger partial charge in [0.15, 0.2) is 0 Å². The third kappa shape index (κ3) is 5.18. The molecule has 0 aliphatic carbocycles. The van der Waals surface area contributed by atoms with Gasteiger partial charge in [-0.1, -0.05) is 60.7 Å². The van der Waals surface area contributed by atoms with Gasteiger partial charge in [-0.15, -0.1) is 0 Å². The van der Waals surface area contributed by atoms with E-state index in [2.05, 4.69) is 91.8 Å². The van der Waals surface area contributed by atoms with Gasteiger partial charge in [-0.25, -0.2) is 4.98 Å². The largest absolute Gasteiger partial charge is 0.363 e. The molecule has 25 heavy (non-hydrogen) atoms. The highest BCUT2D eigenvalue weighted by Gasteiger charge is 2.06. The van der Waals surface area contributed by atoms with Gasteiger partial charge in [-0.2, -0.15) is 0 Å². The highest BCUT2D eigenvalue weighted by atomic mass is 15.1. The van der Waals surface area contributed by atoms with Crippen LogP contribution in [0.5, 0.6) is 0 Å². The molecule has 0 amide bonds. The minimum atomic E-state index is 0.976. The van der Waals surface area contributed by atoms with E-state index in [0.717, 1.165) is 31.5 Å². The molecular formula is C23H26N2. The molecule has 128 valence electrons. The molecule has 1 heterocycles. The van der Waals surface area contributed by atoms with Gasteiger partial charge >= 0.3 is 0 Å². The molecule has 3 aromatic rings. The Morgan fingerprint density at radius 3 is 1.72 bits per heavy atom. The number of pyridine rings is 1. The van der Waals surface area contributed by atoms with Crippen LogP contribution in [0, 0.1) is 0 Å². The number of benzene rings is 2. The van der Waals surface area contributed by atoms with E-state index in [4.69, 9.17) is 4.98 Å². The lowest BCUT2D eigenvalue weighted by molar-refractivity contribution is 0.882. The molecule has 0 bridgehead atoms.